The summed E-state index contributed by atoms with van der Waals surface area (Å²) in [5, 5.41) is 2.01. The van der Waals surface area contributed by atoms with Gasteiger partial charge in [-0.15, -0.1) is 0 Å². The summed E-state index contributed by atoms with van der Waals surface area (Å²) in [4.78, 5) is 7.07. The molecule has 4 rings (SSSR count). The summed E-state index contributed by atoms with van der Waals surface area (Å²) in [6.45, 7) is 0. The molecule has 0 bridgehead atoms. The van der Waals surface area contributed by atoms with Gasteiger partial charge < -0.3 is 0 Å². The first-order valence-corrected chi connectivity index (χ1v) is 10.4. The van der Waals surface area contributed by atoms with E-state index < -0.39 is 0 Å². The molecule has 0 saturated heterocycles. The van der Waals surface area contributed by atoms with Gasteiger partial charge in [-0.05, 0) is 72.8 Å². The van der Waals surface area contributed by atoms with Gasteiger partial charge in [0.2, 0.25) is 0 Å². The maximum absolute atomic E-state index is 6.15. The van der Waals surface area contributed by atoms with Crippen molar-refractivity contribution in [2.24, 2.45) is 4.99 Å². The van der Waals surface area contributed by atoms with Gasteiger partial charge in [-0.25, -0.2) is 4.99 Å². The minimum atomic E-state index is 0.669. The fraction of sp³-hybridized carbons (Fsp3) is 0. The lowest BCUT2D eigenvalue weighted by molar-refractivity contribution is 1.31. The zero-order chi connectivity index (χ0) is 20.9. The van der Waals surface area contributed by atoms with Crippen LogP contribution in [0.15, 0.2) is 108 Å². The number of nitrogens with zero attached hydrogens (tertiary/aromatic N) is 2. The Bertz CT molecular complexity index is 1090. The fourth-order valence-electron chi connectivity index (χ4n) is 3.04. The average Bonchev–Trinajstić information content (AvgIpc) is 2.78. The van der Waals surface area contributed by atoms with Crippen LogP contribution in [0.5, 0.6) is 0 Å². The lowest BCUT2D eigenvalue weighted by Gasteiger charge is -2.27. The number of hydrogen-bond acceptors (Lipinski definition) is 1. The van der Waals surface area contributed by atoms with Crippen LogP contribution in [0.3, 0.4) is 0 Å². The van der Waals surface area contributed by atoms with Gasteiger partial charge in [-0.2, -0.15) is 0 Å². The van der Waals surface area contributed by atoms with Crippen LogP contribution in [0.1, 0.15) is 5.56 Å². The molecule has 0 spiro atoms. The highest BCUT2D eigenvalue weighted by atomic mass is 35.5. The number of benzene rings is 4. The molecule has 148 valence electrons. The minimum Gasteiger partial charge on any atom is -0.295 e. The third kappa shape index (κ3) is 4.85. The Hall–Kier alpha value is -2.78. The van der Waals surface area contributed by atoms with Crippen molar-refractivity contribution < 1.29 is 0 Å². The Kier molecular flexibility index (Phi) is 6.39. The van der Waals surface area contributed by atoms with Crippen molar-refractivity contribution in [1.82, 2.24) is 0 Å². The largest absolute Gasteiger partial charge is 0.295 e. The highest BCUT2D eigenvalue weighted by Gasteiger charge is 2.18. The molecule has 0 N–H and O–H groups in total. The maximum Gasteiger partial charge on any atom is 0.145 e. The summed E-state index contributed by atoms with van der Waals surface area (Å²) in [5.74, 6) is 0.766. The number of rotatable bonds is 4. The molecule has 5 heteroatoms. The first-order chi connectivity index (χ1) is 14.6. The van der Waals surface area contributed by atoms with E-state index in [1.165, 1.54) is 0 Å². The van der Waals surface area contributed by atoms with E-state index in [9.17, 15) is 0 Å². The molecule has 0 unspecified atom stereocenters. The number of aliphatic imine (C=N–C) groups is 1. The highest BCUT2D eigenvalue weighted by Crippen LogP contribution is 2.31. The van der Waals surface area contributed by atoms with Crippen LogP contribution in [0, 0.1) is 0 Å². The monoisotopic (exact) mass is 450 g/mol. The molecule has 0 aromatic heterocycles. The molecule has 0 heterocycles. The normalized spacial score (nSPS) is 11.4. The van der Waals surface area contributed by atoms with Crippen LogP contribution in [0.4, 0.5) is 17.1 Å². The number of hydrogen-bond donors (Lipinski definition) is 0. The van der Waals surface area contributed by atoms with E-state index >= 15 is 0 Å². The summed E-state index contributed by atoms with van der Waals surface area (Å²) in [6, 6.07) is 32.8. The second-order valence-electron chi connectivity index (χ2n) is 6.57. The lowest BCUT2D eigenvalue weighted by Crippen LogP contribution is -2.26. The molecule has 0 radical (unpaired) electrons. The highest BCUT2D eigenvalue weighted by molar-refractivity contribution is 6.31. The van der Waals surface area contributed by atoms with E-state index in [1.54, 1.807) is 0 Å². The van der Waals surface area contributed by atoms with Gasteiger partial charge >= 0.3 is 0 Å². The Morgan fingerprint density at radius 3 is 1.43 bits per heavy atom. The van der Waals surface area contributed by atoms with Gasteiger partial charge in [0.05, 0.1) is 5.69 Å². The van der Waals surface area contributed by atoms with Crippen LogP contribution < -0.4 is 4.90 Å². The molecule has 0 fully saturated rings. The second-order valence-corrected chi connectivity index (χ2v) is 7.88. The molecule has 0 aliphatic rings. The van der Waals surface area contributed by atoms with Crippen molar-refractivity contribution in [3.05, 3.63) is 124 Å². The van der Waals surface area contributed by atoms with Crippen LogP contribution >= 0.6 is 34.8 Å². The van der Waals surface area contributed by atoms with E-state index in [4.69, 9.17) is 39.8 Å². The quantitative estimate of drug-likeness (QED) is 0.224. The van der Waals surface area contributed by atoms with Gasteiger partial charge in [-0.1, -0.05) is 65.1 Å². The van der Waals surface area contributed by atoms with E-state index in [0.29, 0.717) is 15.1 Å². The van der Waals surface area contributed by atoms with Crippen molar-refractivity contribution in [3.8, 4) is 0 Å². The second kappa shape index (κ2) is 9.36. The molecule has 0 aliphatic heterocycles. The number of halogens is 3. The summed E-state index contributed by atoms with van der Waals surface area (Å²) in [7, 11) is 0. The van der Waals surface area contributed by atoms with Gasteiger partial charge in [0.15, 0.2) is 0 Å². The SMILES string of the molecule is Clc1ccc(N=C(c2ccccc2)N(c2ccc(Cl)cc2)c2ccc(Cl)cc2)cc1. The first kappa shape index (κ1) is 20.5. The maximum atomic E-state index is 6.15. The smallest absolute Gasteiger partial charge is 0.145 e. The lowest BCUT2D eigenvalue weighted by atomic mass is 10.1. The number of anilines is 2. The summed E-state index contributed by atoms with van der Waals surface area (Å²) >= 11 is 18.4. The van der Waals surface area contributed by atoms with Crippen LogP contribution in [0.2, 0.25) is 15.1 Å². The molecule has 4 aromatic carbocycles. The Labute approximate surface area is 191 Å². The summed E-state index contributed by atoms with van der Waals surface area (Å²) in [5.41, 5.74) is 3.63. The van der Waals surface area contributed by atoms with Gasteiger partial charge in [-0.3, -0.25) is 4.90 Å². The summed E-state index contributed by atoms with van der Waals surface area (Å²) < 4.78 is 0. The minimum absolute atomic E-state index is 0.669. The zero-order valence-electron chi connectivity index (χ0n) is 15.8. The van der Waals surface area contributed by atoms with E-state index in [0.717, 1.165) is 28.5 Å². The molecule has 30 heavy (non-hydrogen) atoms. The van der Waals surface area contributed by atoms with Gasteiger partial charge in [0.25, 0.3) is 0 Å². The van der Waals surface area contributed by atoms with Crippen molar-refractivity contribution in [2.75, 3.05) is 4.90 Å². The van der Waals surface area contributed by atoms with Crippen LogP contribution in [-0.4, -0.2) is 5.84 Å². The van der Waals surface area contributed by atoms with Gasteiger partial charge in [0, 0.05) is 32.0 Å². The summed E-state index contributed by atoms with van der Waals surface area (Å²) in [6.07, 6.45) is 0. The number of amidine groups is 1. The molecule has 2 nitrogen and oxygen atoms in total. The third-order valence-electron chi connectivity index (χ3n) is 4.48. The van der Waals surface area contributed by atoms with Crippen molar-refractivity contribution >= 4 is 57.7 Å². The Morgan fingerprint density at radius 2 is 0.967 bits per heavy atom. The average molecular weight is 452 g/mol. The van der Waals surface area contributed by atoms with Gasteiger partial charge in [0.1, 0.15) is 5.84 Å². The first-order valence-electron chi connectivity index (χ1n) is 9.31. The molecule has 4 aromatic rings. The topological polar surface area (TPSA) is 15.6 Å². The molecule has 0 saturated carbocycles. The van der Waals surface area contributed by atoms with Crippen molar-refractivity contribution in [1.29, 1.82) is 0 Å². The van der Waals surface area contributed by atoms with Crippen molar-refractivity contribution in [3.63, 3.8) is 0 Å². The molecule has 0 atom stereocenters. The standard InChI is InChI=1S/C25H17Cl3N2/c26-19-6-12-22(13-7-19)29-25(18-4-2-1-3-5-18)30(23-14-8-20(27)9-15-23)24-16-10-21(28)11-17-24/h1-17H. The zero-order valence-corrected chi connectivity index (χ0v) is 18.1. The van der Waals surface area contributed by atoms with E-state index in [-0.39, 0.29) is 0 Å². The molecular weight excluding hydrogens is 435 g/mol. The van der Waals surface area contributed by atoms with E-state index in [1.807, 2.05) is 103 Å². The molecule has 0 amide bonds. The Balaban J connectivity index is 1.93. The molecular formula is C25H17Cl3N2. The predicted octanol–water partition coefficient (Wildman–Crippen LogP) is 8.56. The fourth-order valence-corrected chi connectivity index (χ4v) is 3.42. The predicted molar refractivity (Wildman–Crippen MR) is 129 cm³/mol. The van der Waals surface area contributed by atoms with Crippen molar-refractivity contribution in [2.45, 2.75) is 0 Å². The Morgan fingerprint density at radius 1 is 0.533 bits per heavy atom. The van der Waals surface area contributed by atoms with Crippen LogP contribution in [-0.2, 0) is 0 Å². The van der Waals surface area contributed by atoms with E-state index in [2.05, 4.69) is 4.90 Å². The van der Waals surface area contributed by atoms with Crippen LogP contribution in [0.25, 0.3) is 0 Å². The third-order valence-corrected chi connectivity index (χ3v) is 5.23. The molecule has 0 aliphatic carbocycles.